The van der Waals surface area contributed by atoms with Crippen LogP contribution in [-0.2, 0) is 11.2 Å². The Balaban J connectivity index is 1.21. The minimum atomic E-state index is 0.00842. The Morgan fingerprint density at radius 3 is 2.46 bits per heavy atom. The van der Waals surface area contributed by atoms with Gasteiger partial charge in [0.05, 0.1) is 29.1 Å². The van der Waals surface area contributed by atoms with E-state index in [-0.39, 0.29) is 11.8 Å². The molecule has 0 radical (unpaired) electrons. The van der Waals surface area contributed by atoms with Gasteiger partial charge in [0.2, 0.25) is 5.91 Å². The van der Waals surface area contributed by atoms with E-state index < -0.39 is 0 Å². The number of carbonyl (C=O) groups is 1. The van der Waals surface area contributed by atoms with Crippen molar-refractivity contribution in [3.8, 4) is 11.4 Å². The van der Waals surface area contributed by atoms with Crippen molar-refractivity contribution in [1.29, 1.82) is 0 Å². The zero-order valence-electron chi connectivity index (χ0n) is 21.8. The van der Waals surface area contributed by atoms with Crippen molar-refractivity contribution in [2.24, 2.45) is 5.92 Å². The van der Waals surface area contributed by atoms with Crippen LogP contribution < -0.4 is 15.0 Å². The summed E-state index contributed by atoms with van der Waals surface area (Å²) in [5.41, 5.74) is 5.00. The maximum absolute atomic E-state index is 12.8. The van der Waals surface area contributed by atoms with E-state index in [1.807, 2.05) is 48.9 Å². The molecular formula is C29H34N6O2. The van der Waals surface area contributed by atoms with Crippen LogP contribution in [0.1, 0.15) is 36.7 Å². The number of ether oxygens (including phenoxy) is 1. The number of anilines is 1. The Bertz CT molecular complexity index is 1360. The molecular weight excluding hydrogens is 464 g/mol. The minimum absolute atomic E-state index is 0.00842. The molecule has 8 heteroatoms. The fourth-order valence-corrected chi connectivity index (χ4v) is 5.09. The number of fused-ring (bicyclic) bond motifs is 1. The Morgan fingerprint density at radius 1 is 1.03 bits per heavy atom. The average Bonchev–Trinajstić information content (AvgIpc) is 3.28. The molecule has 0 unspecified atom stereocenters. The quantitative estimate of drug-likeness (QED) is 0.387. The molecule has 1 amide bonds. The molecule has 1 fully saturated rings. The van der Waals surface area contributed by atoms with E-state index in [1.54, 1.807) is 0 Å². The summed E-state index contributed by atoms with van der Waals surface area (Å²) in [6.45, 7) is 8.82. The van der Waals surface area contributed by atoms with Crippen molar-refractivity contribution in [3.63, 3.8) is 0 Å². The van der Waals surface area contributed by atoms with Gasteiger partial charge in [0.25, 0.3) is 0 Å². The smallest absolute Gasteiger partial charge is 0.223 e. The van der Waals surface area contributed by atoms with Gasteiger partial charge in [-0.3, -0.25) is 4.79 Å². The number of nitrogens with one attached hydrogen (secondary N) is 1. The first-order valence-electron chi connectivity index (χ1n) is 13.1. The van der Waals surface area contributed by atoms with Gasteiger partial charge in [0.1, 0.15) is 11.3 Å². The van der Waals surface area contributed by atoms with Gasteiger partial charge in [-0.1, -0.05) is 30.3 Å². The van der Waals surface area contributed by atoms with Crippen LogP contribution in [0.15, 0.2) is 54.6 Å². The Morgan fingerprint density at radius 2 is 1.76 bits per heavy atom. The van der Waals surface area contributed by atoms with E-state index in [0.29, 0.717) is 13.2 Å². The summed E-state index contributed by atoms with van der Waals surface area (Å²) in [5, 5.41) is 18.1. The molecule has 2 aromatic carbocycles. The first-order valence-corrected chi connectivity index (χ1v) is 13.1. The van der Waals surface area contributed by atoms with E-state index in [4.69, 9.17) is 9.84 Å². The van der Waals surface area contributed by atoms with Crippen molar-refractivity contribution in [3.05, 3.63) is 71.5 Å². The third kappa shape index (κ3) is 5.28. The van der Waals surface area contributed by atoms with Gasteiger partial charge < -0.3 is 15.0 Å². The average molecular weight is 499 g/mol. The number of nitrogens with zero attached hydrogens (tertiary/aromatic N) is 5. The second-order valence-electron chi connectivity index (χ2n) is 9.54. The third-order valence-corrected chi connectivity index (χ3v) is 7.10. The van der Waals surface area contributed by atoms with Crippen LogP contribution in [-0.4, -0.2) is 52.1 Å². The number of hydrogen-bond acceptors (Lipinski definition) is 6. The predicted molar refractivity (Wildman–Crippen MR) is 145 cm³/mol. The third-order valence-electron chi connectivity index (χ3n) is 7.10. The van der Waals surface area contributed by atoms with E-state index in [2.05, 4.69) is 51.6 Å². The van der Waals surface area contributed by atoms with Crippen LogP contribution in [0.5, 0.6) is 5.75 Å². The molecule has 192 valence electrons. The molecule has 4 aromatic rings. The molecule has 0 aliphatic carbocycles. The Kier molecular flexibility index (Phi) is 7.35. The lowest BCUT2D eigenvalue weighted by molar-refractivity contribution is -0.125. The number of para-hydroxylation sites is 1. The number of carbonyl (C=O) groups excluding carboxylic acids is 1. The Hall–Kier alpha value is -3.94. The number of benzene rings is 2. The summed E-state index contributed by atoms with van der Waals surface area (Å²) < 4.78 is 7.46. The summed E-state index contributed by atoms with van der Waals surface area (Å²) in [5.74, 6) is 1.82. The van der Waals surface area contributed by atoms with Crippen LogP contribution >= 0.6 is 0 Å². The topological polar surface area (TPSA) is 85.2 Å². The SMILES string of the molecule is CCOc1ccc(CCNC(=O)C2CCN(c3nnc(C)c4c(C)n(-c5ccccc5)nc34)CC2)cc1. The van der Waals surface area contributed by atoms with Crippen molar-refractivity contribution in [2.45, 2.75) is 40.0 Å². The fraction of sp³-hybridized carbons (Fsp3) is 0.379. The van der Waals surface area contributed by atoms with Crippen molar-refractivity contribution >= 4 is 22.6 Å². The van der Waals surface area contributed by atoms with Crippen LogP contribution in [0, 0.1) is 19.8 Å². The first-order chi connectivity index (χ1) is 18.0. The molecule has 37 heavy (non-hydrogen) atoms. The standard InChI is InChI=1S/C29H34N6O2/c1-4-37-25-12-10-22(11-13-25)14-17-30-29(36)23-15-18-34(19-16-23)28-27-26(20(2)31-32-28)21(3)35(33-27)24-8-6-5-7-9-24/h5-13,23H,4,14-19H2,1-3H3,(H,30,36). The van der Waals surface area contributed by atoms with Gasteiger partial charge in [-0.05, 0) is 69.9 Å². The van der Waals surface area contributed by atoms with Gasteiger partial charge in [-0.15, -0.1) is 5.10 Å². The number of aryl methyl sites for hydroxylation is 2. The van der Waals surface area contributed by atoms with Crippen molar-refractivity contribution in [1.82, 2.24) is 25.3 Å². The highest BCUT2D eigenvalue weighted by molar-refractivity contribution is 5.92. The molecule has 1 N–H and O–H groups in total. The summed E-state index contributed by atoms with van der Waals surface area (Å²) in [6, 6.07) is 18.2. The van der Waals surface area contributed by atoms with E-state index in [0.717, 1.165) is 71.9 Å². The van der Waals surface area contributed by atoms with Crippen molar-refractivity contribution in [2.75, 3.05) is 31.1 Å². The number of hydrogen-bond donors (Lipinski definition) is 1. The number of amides is 1. The van der Waals surface area contributed by atoms with E-state index >= 15 is 0 Å². The van der Waals surface area contributed by atoms with Gasteiger partial charge in [0, 0.05) is 25.6 Å². The molecule has 1 aliphatic heterocycles. The lowest BCUT2D eigenvalue weighted by atomic mass is 9.95. The molecule has 0 bridgehead atoms. The molecule has 3 heterocycles. The van der Waals surface area contributed by atoms with Gasteiger partial charge >= 0.3 is 0 Å². The highest BCUT2D eigenvalue weighted by atomic mass is 16.5. The number of aromatic nitrogens is 4. The van der Waals surface area contributed by atoms with Crippen LogP contribution in [0.3, 0.4) is 0 Å². The predicted octanol–water partition coefficient (Wildman–Crippen LogP) is 4.41. The molecule has 8 nitrogen and oxygen atoms in total. The summed E-state index contributed by atoms with van der Waals surface area (Å²) >= 11 is 0. The second-order valence-corrected chi connectivity index (χ2v) is 9.54. The number of rotatable bonds is 8. The summed E-state index contributed by atoms with van der Waals surface area (Å²) in [4.78, 5) is 15.1. The molecule has 1 aliphatic rings. The Labute approximate surface area is 217 Å². The fourth-order valence-electron chi connectivity index (χ4n) is 5.09. The van der Waals surface area contributed by atoms with E-state index in [1.165, 1.54) is 5.56 Å². The lowest BCUT2D eigenvalue weighted by Gasteiger charge is -2.32. The maximum atomic E-state index is 12.8. The van der Waals surface area contributed by atoms with Gasteiger partial charge in [0.15, 0.2) is 5.82 Å². The van der Waals surface area contributed by atoms with Gasteiger partial charge in [-0.25, -0.2) is 4.68 Å². The lowest BCUT2D eigenvalue weighted by Crippen LogP contribution is -2.41. The molecule has 5 rings (SSSR count). The monoisotopic (exact) mass is 498 g/mol. The van der Waals surface area contributed by atoms with Crippen LogP contribution in [0.4, 0.5) is 5.82 Å². The normalized spacial score (nSPS) is 14.2. The maximum Gasteiger partial charge on any atom is 0.223 e. The zero-order valence-corrected chi connectivity index (χ0v) is 21.8. The second kappa shape index (κ2) is 11.0. The molecule has 0 atom stereocenters. The largest absolute Gasteiger partial charge is 0.494 e. The number of piperidine rings is 1. The summed E-state index contributed by atoms with van der Waals surface area (Å²) in [6.07, 6.45) is 2.37. The molecule has 0 spiro atoms. The first kappa shape index (κ1) is 24.7. The minimum Gasteiger partial charge on any atom is -0.494 e. The zero-order chi connectivity index (χ0) is 25.8. The highest BCUT2D eigenvalue weighted by Crippen LogP contribution is 2.31. The van der Waals surface area contributed by atoms with Gasteiger partial charge in [-0.2, -0.15) is 10.2 Å². The molecule has 1 saturated heterocycles. The van der Waals surface area contributed by atoms with E-state index in [9.17, 15) is 4.79 Å². The summed E-state index contributed by atoms with van der Waals surface area (Å²) in [7, 11) is 0. The molecule has 2 aromatic heterocycles. The molecule has 0 saturated carbocycles. The van der Waals surface area contributed by atoms with Crippen LogP contribution in [0.25, 0.3) is 16.6 Å². The van der Waals surface area contributed by atoms with Crippen LogP contribution in [0.2, 0.25) is 0 Å². The highest BCUT2D eigenvalue weighted by Gasteiger charge is 2.28. The van der Waals surface area contributed by atoms with Crippen molar-refractivity contribution < 1.29 is 9.53 Å².